The molecule has 2 unspecified atom stereocenters. The second-order valence-corrected chi connectivity index (χ2v) is 7.26. The van der Waals surface area contributed by atoms with Crippen LogP contribution in [0.5, 0.6) is 5.75 Å². The lowest BCUT2D eigenvalue weighted by Gasteiger charge is -2.30. The summed E-state index contributed by atoms with van der Waals surface area (Å²) in [6.07, 6.45) is 0. The Kier molecular flexibility index (Phi) is 4.73. The smallest absolute Gasteiger partial charge is 0.341 e. The van der Waals surface area contributed by atoms with Crippen LogP contribution in [0.2, 0.25) is 0 Å². The van der Waals surface area contributed by atoms with Crippen molar-refractivity contribution < 1.29 is 9.53 Å². The lowest BCUT2D eigenvalue weighted by Crippen LogP contribution is -2.38. The van der Waals surface area contributed by atoms with Crippen LogP contribution in [0.25, 0.3) is 11.3 Å². The zero-order chi connectivity index (χ0) is 18.8. The number of nitrogens with zero attached hydrogens (tertiary/aromatic N) is 2. The van der Waals surface area contributed by atoms with Gasteiger partial charge < -0.3 is 10.1 Å². The van der Waals surface area contributed by atoms with Gasteiger partial charge in [-0.2, -0.15) is 0 Å². The fourth-order valence-electron chi connectivity index (χ4n) is 3.30. The number of urea groups is 1. The van der Waals surface area contributed by atoms with Gasteiger partial charge in [-0.25, -0.2) is 14.8 Å². The van der Waals surface area contributed by atoms with E-state index in [4.69, 9.17) is 9.72 Å². The predicted molar refractivity (Wildman–Crippen MR) is 108 cm³/mol. The quantitative estimate of drug-likeness (QED) is 0.708. The number of carbonyl (C=O) groups is 1. The zero-order valence-electron chi connectivity index (χ0n) is 15.0. The van der Waals surface area contributed by atoms with E-state index >= 15 is 0 Å². The minimum atomic E-state index is -0.301. The molecule has 5 nitrogen and oxygen atoms in total. The third-order valence-corrected chi connectivity index (χ3v) is 5.60. The molecule has 136 valence electrons. The molecule has 0 aliphatic carbocycles. The number of aromatic nitrogens is 1. The lowest BCUT2D eigenvalue weighted by molar-refractivity contribution is 0.243. The molecule has 27 heavy (non-hydrogen) atoms. The maximum Gasteiger partial charge on any atom is 0.341 e. The summed E-state index contributed by atoms with van der Waals surface area (Å²) in [5, 5.41) is 5.98. The fourth-order valence-corrected chi connectivity index (χ4v) is 4.33. The summed E-state index contributed by atoms with van der Waals surface area (Å²) in [4.78, 5) is 21.0. The highest BCUT2D eigenvalue weighted by Gasteiger charge is 2.34. The summed E-state index contributed by atoms with van der Waals surface area (Å²) in [6.45, 7) is 1.90. The average molecular weight is 377 g/mol. The number of methoxy groups -OCH3 is 1. The van der Waals surface area contributed by atoms with Crippen LogP contribution in [0.4, 0.5) is 4.79 Å². The molecule has 0 bridgehead atoms. The Morgan fingerprint density at radius 3 is 2.52 bits per heavy atom. The highest BCUT2D eigenvalue weighted by molar-refractivity contribution is 7.10. The first kappa shape index (κ1) is 17.4. The van der Waals surface area contributed by atoms with E-state index in [1.165, 1.54) is 0 Å². The van der Waals surface area contributed by atoms with Gasteiger partial charge >= 0.3 is 6.03 Å². The Labute approximate surface area is 161 Å². The summed E-state index contributed by atoms with van der Waals surface area (Å²) < 4.78 is 5.22. The van der Waals surface area contributed by atoms with Crippen LogP contribution in [-0.2, 0) is 0 Å². The molecule has 2 amide bonds. The van der Waals surface area contributed by atoms with Crippen LogP contribution in [0.1, 0.15) is 29.5 Å². The minimum Gasteiger partial charge on any atom is -0.497 e. The molecule has 0 fully saturated rings. The number of carbonyl (C=O) groups excluding carboxylic acids is 1. The monoisotopic (exact) mass is 377 g/mol. The van der Waals surface area contributed by atoms with Crippen LogP contribution in [0.3, 0.4) is 0 Å². The lowest BCUT2D eigenvalue weighted by atomic mass is 9.89. The van der Waals surface area contributed by atoms with E-state index < -0.39 is 0 Å². The first-order chi connectivity index (χ1) is 13.2. The first-order valence-corrected chi connectivity index (χ1v) is 9.54. The highest BCUT2D eigenvalue weighted by Crippen LogP contribution is 2.37. The summed E-state index contributed by atoms with van der Waals surface area (Å²) in [7, 11) is 1.65. The molecule has 1 aliphatic heterocycles. The molecule has 0 saturated carbocycles. The second kappa shape index (κ2) is 7.32. The van der Waals surface area contributed by atoms with E-state index in [0.29, 0.717) is 0 Å². The summed E-state index contributed by atoms with van der Waals surface area (Å²) >= 11 is 1.59. The van der Waals surface area contributed by atoms with Gasteiger partial charge in [0, 0.05) is 16.7 Å². The van der Waals surface area contributed by atoms with Crippen LogP contribution in [-0.4, -0.2) is 23.8 Å². The Morgan fingerprint density at radius 2 is 1.81 bits per heavy atom. The molecule has 0 spiro atoms. The number of ether oxygens (including phenoxy) is 1. The molecule has 6 heteroatoms. The largest absolute Gasteiger partial charge is 0.497 e. The number of benzene rings is 2. The minimum absolute atomic E-state index is 0.0814. The van der Waals surface area contributed by atoms with E-state index in [2.05, 4.69) is 10.3 Å². The molecule has 2 heterocycles. The predicted octanol–water partition coefficient (Wildman–Crippen LogP) is 4.83. The van der Waals surface area contributed by atoms with Gasteiger partial charge in [-0.05, 0) is 36.8 Å². The zero-order valence-corrected chi connectivity index (χ0v) is 15.9. The molecule has 1 aliphatic rings. The van der Waals surface area contributed by atoms with Crippen molar-refractivity contribution >= 4 is 23.1 Å². The van der Waals surface area contributed by atoms with E-state index in [-0.39, 0.29) is 18.0 Å². The van der Waals surface area contributed by atoms with E-state index in [1.54, 1.807) is 18.4 Å². The number of nitrogens with one attached hydrogen (secondary N) is 1. The molecule has 0 radical (unpaired) electrons. The maximum absolute atomic E-state index is 12.0. The standard InChI is InChI=1S/C21H19N3O2S/c1-13-18(19(24-21(25)22-13)15-6-4-3-5-7-15)20-23-17(12-27-20)14-8-10-16(26-2)11-9-14/h3-12,18-19H,1-2H3,(H,24,25). The molecule has 0 saturated heterocycles. The van der Waals surface area contributed by atoms with Gasteiger partial charge in [-0.15, -0.1) is 11.3 Å². The van der Waals surface area contributed by atoms with Crippen molar-refractivity contribution in [2.24, 2.45) is 4.99 Å². The first-order valence-electron chi connectivity index (χ1n) is 8.66. The SMILES string of the molecule is COc1ccc(-c2csc(C3C(C)=NC(=O)NC3c3ccccc3)n2)cc1. The van der Waals surface area contributed by atoms with Crippen molar-refractivity contribution in [3.63, 3.8) is 0 Å². The molecule has 2 aromatic carbocycles. The topological polar surface area (TPSA) is 63.6 Å². The number of thiazole rings is 1. The molecule has 2 atom stereocenters. The van der Waals surface area contributed by atoms with Crippen LogP contribution >= 0.6 is 11.3 Å². The van der Waals surface area contributed by atoms with Crippen molar-refractivity contribution in [3.05, 3.63) is 70.5 Å². The average Bonchev–Trinajstić information content (AvgIpc) is 3.18. The normalized spacial score (nSPS) is 19.3. The maximum atomic E-state index is 12.0. The van der Waals surface area contributed by atoms with Crippen molar-refractivity contribution in [1.29, 1.82) is 0 Å². The summed E-state index contributed by atoms with van der Waals surface area (Å²) in [5.74, 6) is 0.735. The van der Waals surface area contributed by atoms with Crippen molar-refractivity contribution in [2.45, 2.75) is 18.9 Å². The number of aliphatic imine (C=N–C) groups is 1. The molecule has 4 rings (SSSR count). The molecular formula is C21H19N3O2S. The van der Waals surface area contributed by atoms with Gasteiger partial charge in [0.15, 0.2) is 0 Å². The number of hydrogen-bond acceptors (Lipinski definition) is 4. The molecular weight excluding hydrogens is 358 g/mol. The van der Waals surface area contributed by atoms with Crippen LogP contribution in [0, 0.1) is 0 Å². The second-order valence-electron chi connectivity index (χ2n) is 6.37. The number of rotatable bonds is 4. The molecule has 1 N–H and O–H groups in total. The molecule has 3 aromatic rings. The van der Waals surface area contributed by atoms with Gasteiger partial charge in [-0.1, -0.05) is 30.3 Å². The van der Waals surface area contributed by atoms with Crippen molar-refractivity contribution in [3.8, 4) is 17.0 Å². The third kappa shape index (κ3) is 3.48. The van der Waals surface area contributed by atoms with Crippen LogP contribution < -0.4 is 10.1 Å². The van der Waals surface area contributed by atoms with E-state index in [9.17, 15) is 4.79 Å². The van der Waals surface area contributed by atoms with Gasteiger partial charge in [0.25, 0.3) is 0 Å². The Morgan fingerprint density at radius 1 is 1.07 bits per heavy atom. The van der Waals surface area contributed by atoms with Crippen molar-refractivity contribution in [1.82, 2.24) is 10.3 Å². The molecule has 1 aromatic heterocycles. The van der Waals surface area contributed by atoms with E-state index in [1.807, 2.05) is 66.9 Å². The van der Waals surface area contributed by atoms with Crippen molar-refractivity contribution in [2.75, 3.05) is 7.11 Å². The van der Waals surface area contributed by atoms with Gasteiger partial charge in [0.2, 0.25) is 0 Å². The number of amides is 2. The fraction of sp³-hybridized carbons (Fsp3) is 0.190. The summed E-state index contributed by atoms with van der Waals surface area (Å²) in [6, 6.07) is 17.3. The Bertz CT molecular complexity index is 980. The Hall–Kier alpha value is -2.99. The Balaban J connectivity index is 1.70. The number of hydrogen-bond donors (Lipinski definition) is 1. The van der Waals surface area contributed by atoms with Gasteiger partial charge in [-0.3, -0.25) is 0 Å². The van der Waals surface area contributed by atoms with Gasteiger partial charge in [0.1, 0.15) is 10.8 Å². The van der Waals surface area contributed by atoms with Crippen LogP contribution in [0.15, 0.2) is 65.0 Å². The third-order valence-electron chi connectivity index (χ3n) is 4.67. The van der Waals surface area contributed by atoms with E-state index in [0.717, 1.165) is 33.3 Å². The van der Waals surface area contributed by atoms with Gasteiger partial charge in [0.05, 0.1) is 24.8 Å². The summed E-state index contributed by atoms with van der Waals surface area (Å²) in [5.41, 5.74) is 3.77. The highest BCUT2D eigenvalue weighted by atomic mass is 32.1.